The molecule has 0 aliphatic heterocycles. The van der Waals surface area contributed by atoms with Gasteiger partial charge in [-0.1, -0.05) is 0 Å². The van der Waals surface area contributed by atoms with Crippen LogP contribution in [0.4, 0.5) is 0 Å². The molecule has 2 aromatic rings. The first-order chi connectivity index (χ1) is 8.63. The van der Waals surface area contributed by atoms with Gasteiger partial charge in [0.2, 0.25) is 0 Å². The molecule has 0 bridgehead atoms. The van der Waals surface area contributed by atoms with Gasteiger partial charge in [-0.25, -0.2) is 0 Å². The molecule has 0 radical (unpaired) electrons. The van der Waals surface area contributed by atoms with E-state index in [2.05, 4.69) is 27.4 Å². The third kappa shape index (κ3) is 2.39. The largest absolute Gasteiger partial charge is 0.272 e. The Bertz CT molecular complexity index is 519. The summed E-state index contributed by atoms with van der Waals surface area (Å²) in [5.41, 5.74) is 7.00. The van der Waals surface area contributed by atoms with E-state index in [4.69, 9.17) is 5.84 Å². The van der Waals surface area contributed by atoms with Crippen molar-refractivity contribution >= 4 is 0 Å². The van der Waals surface area contributed by atoms with E-state index in [9.17, 15) is 0 Å². The normalized spacial score (nSPS) is 12.7. The van der Waals surface area contributed by atoms with Crippen LogP contribution in [0.2, 0.25) is 0 Å². The Morgan fingerprint density at radius 2 is 2.17 bits per heavy atom. The number of hydrogen-bond donors (Lipinski definition) is 2. The van der Waals surface area contributed by atoms with E-state index in [0.29, 0.717) is 0 Å². The van der Waals surface area contributed by atoms with Gasteiger partial charge in [0.25, 0.3) is 0 Å². The minimum absolute atomic E-state index is 0.0553. The third-order valence-corrected chi connectivity index (χ3v) is 3.21. The predicted octanol–water partition coefficient (Wildman–Crippen LogP) is 0.574. The topological polar surface area (TPSA) is 81.7 Å². The lowest BCUT2D eigenvalue weighted by atomic mass is 10.0. The van der Waals surface area contributed by atoms with E-state index >= 15 is 0 Å². The molecule has 6 nitrogen and oxygen atoms in total. The van der Waals surface area contributed by atoms with Crippen molar-refractivity contribution in [3.63, 3.8) is 0 Å². The van der Waals surface area contributed by atoms with Crippen LogP contribution >= 0.6 is 0 Å². The lowest BCUT2D eigenvalue weighted by Crippen LogP contribution is -2.30. The Kier molecular flexibility index (Phi) is 3.69. The Balaban J connectivity index is 2.26. The molecule has 0 aromatic carbocycles. The third-order valence-electron chi connectivity index (χ3n) is 3.21. The number of aryl methyl sites for hydroxylation is 2. The molecule has 2 rings (SSSR count). The van der Waals surface area contributed by atoms with Crippen molar-refractivity contribution in [2.45, 2.75) is 26.3 Å². The minimum Gasteiger partial charge on any atom is -0.272 e. The highest BCUT2D eigenvalue weighted by atomic mass is 15.3. The van der Waals surface area contributed by atoms with Crippen molar-refractivity contribution in [1.29, 1.82) is 0 Å². The average molecular weight is 246 g/mol. The number of hydrogen-bond acceptors (Lipinski definition) is 5. The smallest absolute Gasteiger partial charge is 0.0772 e. The van der Waals surface area contributed by atoms with Gasteiger partial charge in [-0.05, 0) is 25.8 Å². The molecule has 0 aliphatic rings. The number of nitrogens with two attached hydrogens (primary N) is 1. The van der Waals surface area contributed by atoms with Gasteiger partial charge in [0.05, 0.1) is 23.6 Å². The average Bonchev–Trinajstić information content (AvgIpc) is 2.62. The van der Waals surface area contributed by atoms with Crippen LogP contribution in [-0.4, -0.2) is 19.7 Å². The predicted molar refractivity (Wildman–Crippen MR) is 68.5 cm³/mol. The molecule has 0 saturated heterocycles. The SMILES string of the molecule is Cc1nn(C)c(C)c1CC(NN)c1cnccn1. The highest BCUT2D eigenvalue weighted by Crippen LogP contribution is 2.20. The van der Waals surface area contributed by atoms with Crippen molar-refractivity contribution < 1.29 is 0 Å². The molecule has 18 heavy (non-hydrogen) atoms. The second-order valence-corrected chi connectivity index (χ2v) is 4.33. The van der Waals surface area contributed by atoms with Crippen molar-refractivity contribution in [2.75, 3.05) is 0 Å². The molecule has 6 heteroatoms. The molecule has 0 spiro atoms. The fourth-order valence-electron chi connectivity index (χ4n) is 2.06. The monoisotopic (exact) mass is 246 g/mol. The zero-order valence-corrected chi connectivity index (χ0v) is 10.9. The minimum atomic E-state index is -0.0553. The maximum atomic E-state index is 5.61. The molecule has 0 saturated carbocycles. The summed E-state index contributed by atoms with van der Waals surface area (Å²) in [4.78, 5) is 8.35. The highest BCUT2D eigenvalue weighted by Gasteiger charge is 2.17. The first kappa shape index (κ1) is 12.7. The lowest BCUT2D eigenvalue weighted by molar-refractivity contribution is 0.534. The number of rotatable bonds is 4. The van der Waals surface area contributed by atoms with Crippen molar-refractivity contribution in [1.82, 2.24) is 25.2 Å². The molecule has 1 unspecified atom stereocenters. The molecule has 0 amide bonds. The Morgan fingerprint density at radius 3 is 2.67 bits per heavy atom. The molecule has 2 heterocycles. The maximum absolute atomic E-state index is 5.61. The fourth-order valence-corrected chi connectivity index (χ4v) is 2.06. The fraction of sp³-hybridized carbons (Fsp3) is 0.417. The van der Waals surface area contributed by atoms with E-state index in [1.54, 1.807) is 18.6 Å². The molecule has 0 aliphatic carbocycles. The van der Waals surface area contributed by atoms with Crippen LogP contribution in [0.3, 0.4) is 0 Å². The molecule has 2 aromatic heterocycles. The quantitative estimate of drug-likeness (QED) is 0.609. The van der Waals surface area contributed by atoms with Crippen LogP contribution in [0.1, 0.15) is 28.7 Å². The van der Waals surface area contributed by atoms with Gasteiger partial charge >= 0.3 is 0 Å². The maximum Gasteiger partial charge on any atom is 0.0772 e. The standard InChI is InChI=1S/C12H18N6/c1-8-10(9(2)18(3)17-8)6-11(16-13)12-7-14-4-5-15-12/h4-5,7,11,16H,6,13H2,1-3H3. The van der Waals surface area contributed by atoms with Crippen molar-refractivity contribution in [3.05, 3.63) is 41.2 Å². The Labute approximate surface area is 106 Å². The van der Waals surface area contributed by atoms with E-state index in [1.165, 1.54) is 5.56 Å². The summed E-state index contributed by atoms with van der Waals surface area (Å²) in [6.07, 6.45) is 5.80. The van der Waals surface area contributed by atoms with E-state index in [1.807, 2.05) is 18.7 Å². The van der Waals surface area contributed by atoms with Gasteiger partial charge in [-0.2, -0.15) is 5.10 Å². The van der Waals surface area contributed by atoms with Crippen LogP contribution in [-0.2, 0) is 13.5 Å². The highest BCUT2D eigenvalue weighted by molar-refractivity contribution is 5.26. The zero-order chi connectivity index (χ0) is 13.1. The van der Waals surface area contributed by atoms with Gasteiger partial charge in [0.15, 0.2) is 0 Å². The Hall–Kier alpha value is -1.79. The van der Waals surface area contributed by atoms with E-state index < -0.39 is 0 Å². The van der Waals surface area contributed by atoms with Crippen molar-refractivity contribution in [2.24, 2.45) is 12.9 Å². The van der Waals surface area contributed by atoms with Crippen LogP contribution in [0, 0.1) is 13.8 Å². The molecular weight excluding hydrogens is 228 g/mol. The summed E-state index contributed by atoms with van der Waals surface area (Å²) in [5, 5.41) is 4.40. The van der Waals surface area contributed by atoms with Gasteiger partial charge in [0, 0.05) is 25.1 Å². The summed E-state index contributed by atoms with van der Waals surface area (Å²) in [6, 6.07) is -0.0553. The van der Waals surface area contributed by atoms with Gasteiger partial charge in [0.1, 0.15) is 0 Å². The zero-order valence-electron chi connectivity index (χ0n) is 10.9. The van der Waals surface area contributed by atoms with Gasteiger partial charge in [-0.3, -0.25) is 25.9 Å². The van der Waals surface area contributed by atoms with Crippen LogP contribution in [0.25, 0.3) is 0 Å². The molecular formula is C12H18N6. The Morgan fingerprint density at radius 1 is 1.39 bits per heavy atom. The van der Waals surface area contributed by atoms with Crippen molar-refractivity contribution in [3.8, 4) is 0 Å². The second-order valence-electron chi connectivity index (χ2n) is 4.33. The summed E-state index contributed by atoms with van der Waals surface area (Å²) in [6.45, 7) is 4.06. The first-order valence-corrected chi connectivity index (χ1v) is 5.84. The second kappa shape index (κ2) is 5.24. The van der Waals surface area contributed by atoms with Crippen LogP contribution in [0.15, 0.2) is 18.6 Å². The summed E-state index contributed by atoms with van der Waals surface area (Å²) in [5.74, 6) is 5.61. The molecule has 96 valence electrons. The molecule has 1 atom stereocenters. The summed E-state index contributed by atoms with van der Waals surface area (Å²) >= 11 is 0. The number of aromatic nitrogens is 4. The summed E-state index contributed by atoms with van der Waals surface area (Å²) in [7, 11) is 1.94. The van der Waals surface area contributed by atoms with Crippen LogP contribution < -0.4 is 11.3 Å². The number of hydrazine groups is 1. The number of nitrogens with one attached hydrogen (secondary N) is 1. The van der Waals surface area contributed by atoms with E-state index in [0.717, 1.165) is 23.5 Å². The van der Waals surface area contributed by atoms with Gasteiger partial charge < -0.3 is 0 Å². The van der Waals surface area contributed by atoms with E-state index in [-0.39, 0.29) is 6.04 Å². The first-order valence-electron chi connectivity index (χ1n) is 5.84. The summed E-state index contributed by atoms with van der Waals surface area (Å²) < 4.78 is 1.88. The molecule has 0 fully saturated rings. The van der Waals surface area contributed by atoms with Crippen LogP contribution in [0.5, 0.6) is 0 Å². The number of nitrogens with zero attached hydrogens (tertiary/aromatic N) is 4. The lowest BCUT2D eigenvalue weighted by Gasteiger charge is -2.15. The molecule has 3 N–H and O–H groups in total. The van der Waals surface area contributed by atoms with Gasteiger partial charge in [-0.15, -0.1) is 0 Å².